The van der Waals surface area contributed by atoms with Gasteiger partial charge in [-0.25, -0.2) is 0 Å². The molecule has 282 valence electrons. The zero-order chi connectivity index (χ0) is 36.8. The Kier molecular flexibility index (Phi) is 20.1. The highest BCUT2D eigenvalue weighted by molar-refractivity contribution is 5.76. The lowest BCUT2D eigenvalue weighted by molar-refractivity contribution is -0.139. The van der Waals surface area contributed by atoms with Crippen LogP contribution in [0.25, 0.3) is 0 Å². The summed E-state index contributed by atoms with van der Waals surface area (Å²) in [5.41, 5.74) is -0.740. The molecule has 0 aliphatic heterocycles. The maximum atomic E-state index is 13.1. The van der Waals surface area contributed by atoms with Crippen LogP contribution in [0.5, 0.6) is 0 Å². The Morgan fingerprint density at radius 3 is 1.24 bits per heavy atom. The molecular formula is C38H56F6N4O2. The van der Waals surface area contributed by atoms with Crippen LogP contribution in [0.3, 0.4) is 0 Å². The number of hydrogen-bond acceptors (Lipinski definition) is 4. The Bertz CT molecular complexity index is 1160. The van der Waals surface area contributed by atoms with Crippen molar-refractivity contribution in [1.82, 2.24) is 20.4 Å². The number of unbranched alkanes of at least 4 members (excludes halogenated alkanes) is 9. The van der Waals surface area contributed by atoms with Crippen LogP contribution in [0.4, 0.5) is 26.3 Å². The Morgan fingerprint density at radius 2 is 0.860 bits per heavy atom. The molecule has 0 fully saturated rings. The van der Waals surface area contributed by atoms with Crippen molar-refractivity contribution in [3.8, 4) is 0 Å². The summed E-state index contributed by atoms with van der Waals surface area (Å²) < 4.78 is 78.5. The van der Waals surface area contributed by atoms with Gasteiger partial charge in [-0.1, -0.05) is 74.9 Å². The Balaban J connectivity index is 1.39. The lowest BCUT2D eigenvalue weighted by Crippen LogP contribution is -2.27. The van der Waals surface area contributed by atoms with Gasteiger partial charge in [0.05, 0.1) is 11.1 Å². The average Bonchev–Trinajstić information content (AvgIpc) is 3.07. The first-order valence-electron chi connectivity index (χ1n) is 18.0. The second kappa shape index (κ2) is 23.4. The zero-order valence-electron chi connectivity index (χ0n) is 29.7. The van der Waals surface area contributed by atoms with Crippen LogP contribution >= 0.6 is 0 Å². The Labute approximate surface area is 294 Å². The lowest BCUT2D eigenvalue weighted by atomic mass is 10.1. The number of nitrogens with zero attached hydrogens (tertiary/aromatic N) is 2. The molecule has 2 aromatic carbocycles. The number of carbonyl (C=O) groups excluding carboxylic acids is 2. The van der Waals surface area contributed by atoms with Crippen molar-refractivity contribution in [3.05, 3.63) is 70.8 Å². The fourth-order valence-corrected chi connectivity index (χ4v) is 5.79. The van der Waals surface area contributed by atoms with Gasteiger partial charge >= 0.3 is 12.4 Å². The van der Waals surface area contributed by atoms with E-state index in [1.54, 1.807) is 21.9 Å². The van der Waals surface area contributed by atoms with Gasteiger partial charge in [0.25, 0.3) is 0 Å². The van der Waals surface area contributed by atoms with Gasteiger partial charge in [0, 0.05) is 53.1 Å². The molecule has 0 atom stereocenters. The molecule has 50 heavy (non-hydrogen) atoms. The van der Waals surface area contributed by atoms with E-state index in [1.165, 1.54) is 24.3 Å². The third-order valence-electron chi connectivity index (χ3n) is 8.85. The molecule has 0 heterocycles. The number of hydrogen-bond donors (Lipinski definition) is 2. The molecule has 2 aromatic rings. The standard InChI is InChI=1S/C38H56F6N4O2/c1-47(35(49)23-9-7-15-25-45-29-31-19-11-13-21-33(31)37(39,40)41)27-17-5-3-4-6-18-28-48(2)36(50)24-10-8-16-26-46-30-32-20-12-14-22-34(32)38(42,43)44/h11-14,19-22,45-46H,3-10,15-18,23-30H2,1-2H3. The quantitative estimate of drug-likeness (QED) is 0.0797. The Hall–Kier alpha value is -3.12. The van der Waals surface area contributed by atoms with Crippen molar-refractivity contribution in [2.75, 3.05) is 40.3 Å². The summed E-state index contributed by atoms with van der Waals surface area (Å²) >= 11 is 0. The smallest absolute Gasteiger partial charge is 0.346 e. The van der Waals surface area contributed by atoms with E-state index >= 15 is 0 Å². The SMILES string of the molecule is CN(CCCCCCCCN(C)C(=O)CCCCCNCc1ccccc1C(F)(F)F)C(=O)CCCCCNCc1ccccc1C(F)(F)F. The van der Waals surface area contributed by atoms with Gasteiger partial charge in [0.2, 0.25) is 11.8 Å². The summed E-state index contributed by atoms with van der Waals surface area (Å²) in [7, 11) is 3.65. The molecule has 0 aliphatic carbocycles. The topological polar surface area (TPSA) is 64.7 Å². The van der Waals surface area contributed by atoms with Crippen LogP contribution in [-0.4, -0.2) is 61.9 Å². The van der Waals surface area contributed by atoms with E-state index in [2.05, 4.69) is 10.6 Å². The highest BCUT2D eigenvalue weighted by Gasteiger charge is 2.33. The number of nitrogens with one attached hydrogen (secondary N) is 2. The molecule has 0 saturated heterocycles. The number of amides is 2. The lowest BCUT2D eigenvalue weighted by Gasteiger charge is -2.18. The van der Waals surface area contributed by atoms with Crippen LogP contribution in [0, 0.1) is 0 Å². The summed E-state index contributed by atoms with van der Waals surface area (Å²) in [4.78, 5) is 28.4. The number of benzene rings is 2. The predicted molar refractivity (Wildman–Crippen MR) is 186 cm³/mol. The van der Waals surface area contributed by atoms with Gasteiger partial charge in [-0.3, -0.25) is 9.59 Å². The number of rotatable bonds is 25. The molecule has 0 unspecified atom stereocenters. The second-order valence-corrected chi connectivity index (χ2v) is 13.0. The van der Waals surface area contributed by atoms with Gasteiger partial charge in [0.1, 0.15) is 0 Å². The first kappa shape index (κ1) is 43.0. The molecule has 2 N–H and O–H groups in total. The summed E-state index contributed by atoms with van der Waals surface area (Å²) in [6, 6.07) is 11.2. The van der Waals surface area contributed by atoms with Crippen molar-refractivity contribution in [3.63, 3.8) is 0 Å². The first-order valence-corrected chi connectivity index (χ1v) is 18.0. The third-order valence-corrected chi connectivity index (χ3v) is 8.85. The minimum absolute atomic E-state index is 0.118. The van der Waals surface area contributed by atoms with Crippen molar-refractivity contribution in [2.45, 2.75) is 115 Å². The van der Waals surface area contributed by atoms with Crippen LogP contribution in [-0.2, 0) is 35.0 Å². The molecule has 12 heteroatoms. The second-order valence-electron chi connectivity index (χ2n) is 13.0. The third kappa shape index (κ3) is 17.7. The fraction of sp³-hybridized carbons (Fsp3) is 0.632. The summed E-state index contributed by atoms with van der Waals surface area (Å²) in [6.07, 6.45) is 3.13. The molecule has 0 aromatic heterocycles. The minimum Gasteiger partial charge on any atom is -0.346 e. The van der Waals surface area contributed by atoms with E-state index in [1.807, 2.05) is 14.1 Å². The van der Waals surface area contributed by atoms with Gasteiger partial charge < -0.3 is 20.4 Å². The number of alkyl halides is 6. The molecule has 0 radical (unpaired) electrons. The van der Waals surface area contributed by atoms with E-state index in [0.29, 0.717) is 25.9 Å². The van der Waals surface area contributed by atoms with Crippen LogP contribution in [0.1, 0.15) is 112 Å². The van der Waals surface area contributed by atoms with Crippen molar-refractivity contribution in [2.24, 2.45) is 0 Å². The molecule has 0 saturated carbocycles. The molecule has 0 spiro atoms. The van der Waals surface area contributed by atoms with E-state index < -0.39 is 23.5 Å². The molecule has 6 nitrogen and oxygen atoms in total. The predicted octanol–water partition coefficient (Wildman–Crippen LogP) is 8.98. The normalized spacial score (nSPS) is 11.9. The largest absolute Gasteiger partial charge is 0.416 e. The molecule has 0 aliphatic rings. The Morgan fingerprint density at radius 1 is 0.520 bits per heavy atom. The highest BCUT2D eigenvalue weighted by Crippen LogP contribution is 2.32. The highest BCUT2D eigenvalue weighted by atomic mass is 19.4. The van der Waals surface area contributed by atoms with Gasteiger partial charge in [-0.05, 0) is 74.9 Å². The summed E-state index contributed by atoms with van der Waals surface area (Å²) in [6.45, 7) is 2.96. The molecule has 2 rings (SSSR count). The van der Waals surface area contributed by atoms with E-state index in [9.17, 15) is 35.9 Å². The monoisotopic (exact) mass is 714 g/mol. The number of halogens is 6. The molecule has 2 amide bonds. The maximum Gasteiger partial charge on any atom is 0.416 e. The fourth-order valence-electron chi connectivity index (χ4n) is 5.79. The minimum atomic E-state index is -4.36. The van der Waals surface area contributed by atoms with Crippen molar-refractivity contribution < 1.29 is 35.9 Å². The van der Waals surface area contributed by atoms with Crippen LogP contribution < -0.4 is 10.6 Å². The van der Waals surface area contributed by atoms with E-state index in [4.69, 9.17) is 0 Å². The number of carbonyl (C=O) groups is 2. The van der Waals surface area contributed by atoms with Crippen LogP contribution in [0.2, 0.25) is 0 Å². The maximum absolute atomic E-state index is 13.1. The van der Waals surface area contributed by atoms with Crippen molar-refractivity contribution >= 4 is 11.8 Å². The van der Waals surface area contributed by atoms with Crippen molar-refractivity contribution in [1.29, 1.82) is 0 Å². The summed E-state index contributed by atoms with van der Waals surface area (Å²) in [5.74, 6) is 0.236. The van der Waals surface area contributed by atoms with Gasteiger partial charge in [-0.15, -0.1) is 0 Å². The molecule has 0 bridgehead atoms. The first-order chi connectivity index (χ1) is 23.8. The summed E-state index contributed by atoms with van der Waals surface area (Å²) in [5, 5.41) is 6.15. The van der Waals surface area contributed by atoms with E-state index in [-0.39, 0.29) is 36.0 Å². The van der Waals surface area contributed by atoms with Gasteiger partial charge in [0.15, 0.2) is 0 Å². The average molecular weight is 715 g/mol. The molecular weight excluding hydrogens is 658 g/mol. The van der Waals surface area contributed by atoms with E-state index in [0.717, 1.165) is 102 Å². The van der Waals surface area contributed by atoms with Crippen LogP contribution in [0.15, 0.2) is 48.5 Å². The zero-order valence-corrected chi connectivity index (χ0v) is 29.7. The van der Waals surface area contributed by atoms with Gasteiger partial charge in [-0.2, -0.15) is 26.3 Å².